The summed E-state index contributed by atoms with van der Waals surface area (Å²) in [5.74, 6) is 0.995. The molecule has 0 radical (unpaired) electrons. The Kier molecular flexibility index (Phi) is 4.33. The summed E-state index contributed by atoms with van der Waals surface area (Å²) >= 11 is 0. The van der Waals surface area contributed by atoms with Gasteiger partial charge >= 0.3 is 5.97 Å². The van der Waals surface area contributed by atoms with E-state index in [4.69, 9.17) is 9.15 Å². The Hall–Kier alpha value is -2.70. The standard InChI is InChI=1S/C17H19N3O4/c1-4-13-11(17(22)23-3)7-14(24-13)16(21)20-15-8-12(10-5-6-10)18-9(2)19-15/h7-8,10H,4-6H2,1-3H3,(H,18,19,20,21). The zero-order chi connectivity index (χ0) is 17.3. The number of anilines is 1. The summed E-state index contributed by atoms with van der Waals surface area (Å²) in [4.78, 5) is 32.7. The minimum atomic E-state index is -0.524. The molecule has 7 heteroatoms. The van der Waals surface area contributed by atoms with E-state index in [1.165, 1.54) is 13.2 Å². The molecule has 0 spiro atoms. The number of amides is 1. The molecule has 126 valence electrons. The van der Waals surface area contributed by atoms with Crippen molar-refractivity contribution in [2.75, 3.05) is 12.4 Å². The molecule has 3 rings (SSSR count). The van der Waals surface area contributed by atoms with Gasteiger partial charge in [-0.3, -0.25) is 4.79 Å². The summed E-state index contributed by atoms with van der Waals surface area (Å²) in [6.07, 6.45) is 2.71. The van der Waals surface area contributed by atoms with Gasteiger partial charge in [-0.1, -0.05) is 6.92 Å². The fourth-order valence-corrected chi connectivity index (χ4v) is 2.51. The molecule has 7 nitrogen and oxygen atoms in total. The van der Waals surface area contributed by atoms with E-state index >= 15 is 0 Å². The third-order valence-corrected chi connectivity index (χ3v) is 3.85. The molecule has 1 fully saturated rings. The summed E-state index contributed by atoms with van der Waals surface area (Å²) in [5, 5.41) is 2.71. The molecule has 0 atom stereocenters. The summed E-state index contributed by atoms with van der Waals surface area (Å²) in [5.41, 5.74) is 1.21. The fraction of sp³-hybridized carbons (Fsp3) is 0.412. The number of methoxy groups -OCH3 is 1. The number of rotatable bonds is 5. The van der Waals surface area contributed by atoms with Gasteiger partial charge in [0.25, 0.3) is 5.91 Å². The van der Waals surface area contributed by atoms with Crippen molar-refractivity contribution in [3.63, 3.8) is 0 Å². The van der Waals surface area contributed by atoms with Crippen LogP contribution in [0.5, 0.6) is 0 Å². The van der Waals surface area contributed by atoms with Crippen LogP contribution in [0.2, 0.25) is 0 Å². The van der Waals surface area contributed by atoms with Crippen molar-refractivity contribution in [2.45, 2.75) is 39.0 Å². The van der Waals surface area contributed by atoms with Crippen LogP contribution in [0.3, 0.4) is 0 Å². The lowest BCUT2D eigenvalue weighted by Crippen LogP contribution is -2.13. The second kappa shape index (κ2) is 6.43. The lowest BCUT2D eigenvalue weighted by Gasteiger charge is -2.06. The zero-order valence-corrected chi connectivity index (χ0v) is 13.9. The largest absolute Gasteiger partial charge is 0.465 e. The quantitative estimate of drug-likeness (QED) is 0.848. The number of carbonyl (C=O) groups excluding carboxylic acids is 2. The molecule has 0 unspecified atom stereocenters. The minimum absolute atomic E-state index is 0.0523. The van der Waals surface area contributed by atoms with Crippen LogP contribution in [-0.4, -0.2) is 29.0 Å². The van der Waals surface area contributed by atoms with Gasteiger partial charge in [0.05, 0.1) is 7.11 Å². The third-order valence-electron chi connectivity index (χ3n) is 3.85. The minimum Gasteiger partial charge on any atom is -0.465 e. The molecule has 1 N–H and O–H groups in total. The first kappa shape index (κ1) is 16.2. The molecular formula is C17H19N3O4. The van der Waals surface area contributed by atoms with Crippen molar-refractivity contribution in [3.8, 4) is 0 Å². The molecule has 0 bridgehead atoms. The number of nitrogens with zero attached hydrogens (tertiary/aromatic N) is 2. The van der Waals surface area contributed by atoms with Crippen LogP contribution in [0.15, 0.2) is 16.5 Å². The highest BCUT2D eigenvalue weighted by Gasteiger charge is 2.26. The van der Waals surface area contributed by atoms with E-state index in [-0.39, 0.29) is 11.3 Å². The smallest absolute Gasteiger partial charge is 0.341 e. The number of esters is 1. The van der Waals surface area contributed by atoms with Crippen LogP contribution in [0, 0.1) is 6.92 Å². The Morgan fingerprint density at radius 3 is 2.71 bits per heavy atom. The summed E-state index contributed by atoms with van der Waals surface area (Å²) in [6.45, 7) is 3.63. The predicted octanol–water partition coefficient (Wildman–Crippen LogP) is 2.86. The highest BCUT2D eigenvalue weighted by molar-refractivity contribution is 6.03. The zero-order valence-electron chi connectivity index (χ0n) is 13.9. The summed E-state index contributed by atoms with van der Waals surface area (Å²) in [7, 11) is 1.29. The van der Waals surface area contributed by atoms with Crippen molar-refractivity contribution in [1.29, 1.82) is 0 Å². The third kappa shape index (κ3) is 3.29. The number of furan rings is 1. The Morgan fingerprint density at radius 2 is 2.08 bits per heavy atom. The highest BCUT2D eigenvalue weighted by Crippen LogP contribution is 2.39. The number of nitrogens with one attached hydrogen (secondary N) is 1. The number of hydrogen-bond donors (Lipinski definition) is 1. The van der Waals surface area contributed by atoms with Gasteiger partial charge in [0.15, 0.2) is 5.76 Å². The molecule has 0 saturated heterocycles. The van der Waals surface area contributed by atoms with E-state index in [1.807, 2.05) is 6.92 Å². The Labute approximate surface area is 139 Å². The fourth-order valence-electron chi connectivity index (χ4n) is 2.51. The second-order valence-corrected chi connectivity index (χ2v) is 5.75. The molecule has 1 aliphatic rings. The Morgan fingerprint density at radius 1 is 1.33 bits per heavy atom. The maximum Gasteiger partial charge on any atom is 0.341 e. The van der Waals surface area contributed by atoms with Crippen molar-refractivity contribution in [1.82, 2.24) is 9.97 Å². The molecule has 2 heterocycles. The van der Waals surface area contributed by atoms with Gasteiger partial charge in [-0.2, -0.15) is 0 Å². The first-order valence-electron chi connectivity index (χ1n) is 7.89. The van der Waals surface area contributed by atoms with Gasteiger partial charge in [-0.05, 0) is 19.8 Å². The van der Waals surface area contributed by atoms with E-state index < -0.39 is 11.9 Å². The molecule has 2 aromatic heterocycles. The molecule has 1 amide bonds. The number of hydrogen-bond acceptors (Lipinski definition) is 6. The monoisotopic (exact) mass is 329 g/mol. The topological polar surface area (TPSA) is 94.3 Å². The SMILES string of the molecule is CCc1oc(C(=O)Nc2cc(C3CC3)nc(C)n2)cc1C(=O)OC. The molecule has 1 aliphatic carbocycles. The van der Waals surface area contributed by atoms with Crippen molar-refractivity contribution in [3.05, 3.63) is 40.7 Å². The van der Waals surface area contributed by atoms with E-state index in [0.717, 1.165) is 18.5 Å². The highest BCUT2D eigenvalue weighted by atomic mass is 16.5. The van der Waals surface area contributed by atoms with E-state index in [2.05, 4.69) is 15.3 Å². The van der Waals surface area contributed by atoms with E-state index in [1.54, 1.807) is 13.0 Å². The first-order chi connectivity index (χ1) is 11.5. The van der Waals surface area contributed by atoms with Crippen LogP contribution in [0.25, 0.3) is 0 Å². The maximum absolute atomic E-state index is 12.4. The molecule has 1 saturated carbocycles. The molecular weight excluding hydrogens is 310 g/mol. The van der Waals surface area contributed by atoms with Crippen LogP contribution in [0.4, 0.5) is 5.82 Å². The lowest BCUT2D eigenvalue weighted by atomic mass is 10.2. The van der Waals surface area contributed by atoms with Crippen LogP contribution >= 0.6 is 0 Å². The van der Waals surface area contributed by atoms with Crippen LogP contribution in [-0.2, 0) is 11.2 Å². The van der Waals surface area contributed by atoms with Crippen molar-refractivity contribution in [2.24, 2.45) is 0 Å². The van der Waals surface area contributed by atoms with Gasteiger partial charge in [0, 0.05) is 30.2 Å². The second-order valence-electron chi connectivity index (χ2n) is 5.75. The first-order valence-corrected chi connectivity index (χ1v) is 7.89. The average molecular weight is 329 g/mol. The number of aryl methyl sites for hydroxylation is 2. The van der Waals surface area contributed by atoms with Crippen molar-refractivity contribution < 1.29 is 18.7 Å². The van der Waals surface area contributed by atoms with Gasteiger partial charge in [-0.15, -0.1) is 0 Å². The molecule has 0 aliphatic heterocycles. The summed E-state index contributed by atoms with van der Waals surface area (Å²) < 4.78 is 10.2. The number of aromatic nitrogens is 2. The molecule has 2 aromatic rings. The predicted molar refractivity (Wildman–Crippen MR) is 86.1 cm³/mol. The number of carbonyl (C=O) groups is 2. The van der Waals surface area contributed by atoms with Gasteiger partial charge in [-0.25, -0.2) is 14.8 Å². The van der Waals surface area contributed by atoms with Crippen LogP contribution < -0.4 is 5.32 Å². The van der Waals surface area contributed by atoms with E-state index in [9.17, 15) is 9.59 Å². The van der Waals surface area contributed by atoms with Crippen molar-refractivity contribution >= 4 is 17.7 Å². The van der Waals surface area contributed by atoms with Gasteiger partial charge < -0.3 is 14.5 Å². The molecule has 24 heavy (non-hydrogen) atoms. The Bertz CT molecular complexity index is 793. The van der Waals surface area contributed by atoms with Crippen LogP contribution in [0.1, 0.15) is 63.9 Å². The van der Waals surface area contributed by atoms with Gasteiger partial charge in [0.1, 0.15) is 23.0 Å². The molecule has 0 aromatic carbocycles. The lowest BCUT2D eigenvalue weighted by molar-refractivity contribution is 0.0598. The maximum atomic E-state index is 12.4. The average Bonchev–Trinajstić information content (AvgIpc) is 3.32. The normalized spacial score (nSPS) is 13.6. The summed E-state index contributed by atoms with van der Waals surface area (Å²) in [6, 6.07) is 3.18. The van der Waals surface area contributed by atoms with Gasteiger partial charge in [0.2, 0.25) is 0 Å². The Balaban J connectivity index is 1.82. The van der Waals surface area contributed by atoms with E-state index in [0.29, 0.717) is 29.7 Å². The number of ether oxygens (including phenoxy) is 1.